The molecule has 1 N–H and O–H groups in total. The van der Waals surface area contributed by atoms with Gasteiger partial charge in [-0.25, -0.2) is 4.98 Å². The highest BCUT2D eigenvalue weighted by Crippen LogP contribution is 2.07. The molecule has 2 rings (SSSR count). The molecular formula is C13H21FN4. The second-order valence-corrected chi connectivity index (χ2v) is 4.99. The summed E-state index contributed by atoms with van der Waals surface area (Å²) < 4.78 is 13.0. The molecule has 5 heteroatoms. The van der Waals surface area contributed by atoms with Crippen molar-refractivity contribution >= 4 is 5.82 Å². The Hall–Kier alpha value is -1.20. The summed E-state index contributed by atoms with van der Waals surface area (Å²) in [6, 6.07) is 5.09. The van der Waals surface area contributed by atoms with Crippen molar-refractivity contribution in [2.24, 2.45) is 0 Å². The number of halogens is 1. The van der Waals surface area contributed by atoms with Crippen LogP contribution < -0.4 is 5.32 Å². The van der Waals surface area contributed by atoms with Crippen molar-refractivity contribution in [3.63, 3.8) is 0 Å². The van der Waals surface area contributed by atoms with Gasteiger partial charge in [-0.15, -0.1) is 0 Å². The highest BCUT2D eigenvalue weighted by Gasteiger charge is 2.16. The lowest BCUT2D eigenvalue weighted by atomic mass is 10.2. The molecule has 1 aromatic heterocycles. The van der Waals surface area contributed by atoms with E-state index in [1.807, 2.05) is 0 Å². The lowest BCUT2D eigenvalue weighted by Crippen LogP contribution is -2.47. The topological polar surface area (TPSA) is 31.4 Å². The maximum atomic E-state index is 13.0. The lowest BCUT2D eigenvalue weighted by molar-refractivity contribution is 0.151. The first kappa shape index (κ1) is 13.2. The fraction of sp³-hybridized carbons (Fsp3) is 0.615. The molecule has 2 heterocycles. The van der Waals surface area contributed by atoms with Gasteiger partial charge >= 0.3 is 0 Å². The van der Waals surface area contributed by atoms with E-state index < -0.39 is 5.95 Å². The standard InChI is InChI=1S/C13H21FN4/c1-11(10-18-8-6-17(2)7-9-18)15-13-5-3-4-12(14)16-13/h3-5,11H,6-10H2,1-2H3,(H,15,16)/t11-/m0/s1. The molecule has 100 valence electrons. The quantitative estimate of drug-likeness (QED) is 0.818. The second-order valence-electron chi connectivity index (χ2n) is 4.99. The Bertz CT molecular complexity index is 377. The van der Waals surface area contributed by atoms with Gasteiger partial charge < -0.3 is 10.2 Å². The summed E-state index contributed by atoms with van der Waals surface area (Å²) in [5.74, 6) is 0.170. The third-order valence-electron chi connectivity index (χ3n) is 3.24. The third-order valence-corrected chi connectivity index (χ3v) is 3.24. The number of nitrogens with zero attached hydrogens (tertiary/aromatic N) is 3. The fourth-order valence-corrected chi connectivity index (χ4v) is 2.20. The van der Waals surface area contributed by atoms with Gasteiger partial charge in [0.25, 0.3) is 0 Å². The minimum atomic E-state index is -0.438. The van der Waals surface area contributed by atoms with Crippen LogP contribution in [0.1, 0.15) is 6.92 Å². The van der Waals surface area contributed by atoms with E-state index in [1.54, 1.807) is 12.1 Å². The highest BCUT2D eigenvalue weighted by molar-refractivity contribution is 5.34. The van der Waals surface area contributed by atoms with Crippen LogP contribution in [-0.4, -0.2) is 60.6 Å². The highest BCUT2D eigenvalue weighted by atomic mass is 19.1. The van der Waals surface area contributed by atoms with E-state index in [9.17, 15) is 4.39 Å². The molecule has 1 saturated heterocycles. The summed E-state index contributed by atoms with van der Waals surface area (Å²) in [4.78, 5) is 8.58. The number of rotatable bonds is 4. The van der Waals surface area contributed by atoms with Gasteiger partial charge in [-0.1, -0.05) is 6.07 Å². The zero-order valence-electron chi connectivity index (χ0n) is 11.1. The van der Waals surface area contributed by atoms with Gasteiger partial charge in [-0.3, -0.25) is 4.90 Å². The average molecular weight is 252 g/mol. The summed E-state index contributed by atoms with van der Waals surface area (Å²) in [5.41, 5.74) is 0. The number of piperazine rings is 1. The number of pyridine rings is 1. The van der Waals surface area contributed by atoms with Gasteiger partial charge in [-0.05, 0) is 26.1 Å². The zero-order chi connectivity index (χ0) is 13.0. The van der Waals surface area contributed by atoms with Crippen molar-refractivity contribution in [2.45, 2.75) is 13.0 Å². The molecule has 0 bridgehead atoms. The molecule has 0 spiro atoms. The molecule has 0 aromatic carbocycles. The normalized spacial score (nSPS) is 19.7. The summed E-state index contributed by atoms with van der Waals surface area (Å²) in [6.45, 7) is 7.49. The molecule has 0 aliphatic carbocycles. The first-order valence-electron chi connectivity index (χ1n) is 6.43. The molecule has 1 fully saturated rings. The molecule has 1 aromatic rings. The molecule has 1 aliphatic heterocycles. The first-order chi connectivity index (χ1) is 8.63. The van der Waals surface area contributed by atoms with E-state index in [0.717, 1.165) is 32.7 Å². The van der Waals surface area contributed by atoms with E-state index in [2.05, 4.69) is 34.1 Å². The molecule has 4 nitrogen and oxygen atoms in total. The Morgan fingerprint density at radius 2 is 2.06 bits per heavy atom. The minimum absolute atomic E-state index is 0.266. The van der Waals surface area contributed by atoms with E-state index in [-0.39, 0.29) is 6.04 Å². The van der Waals surface area contributed by atoms with E-state index in [0.29, 0.717) is 5.82 Å². The Morgan fingerprint density at radius 1 is 1.33 bits per heavy atom. The summed E-state index contributed by atoms with van der Waals surface area (Å²) >= 11 is 0. The lowest BCUT2D eigenvalue weighted by Gasteiger charge is -2.34. The molecule has 1 atom stereocenters. The predicted molar refractivity (Wildman–Crippen MR) is 71.2 cm³/mol. The fourth-order valence-electron chi connectivity index (χ4n) is 2.20. The van der Waals surface area contributed by atoms with Crippen LogP contribution in [-0.2, 0) is 0 Å². The molecular weight excluding hydrogens is 231 g/mol. The van der Waals surface area contributed by atoms with Crippen LogP contribution in [0.4, 0.5) is 10.2 Å². The van der Waals surface area contributed by atoms with Gasteiger partial charge in [0.05, 0.1) is 0 Å². The number of nitrogens with one attached hydrogen (secondary N) is 1. The number of aromatic nitrogens is 1. The molecule has 0 unspecified atom stereocenters. The number of anilines is 1. The Morgan fingerprint density at radius 3 is 2.72 bits per heavy atom. The number of hydrogen-bond acceptors (Lipinski definition) is 4. The van der Waals surface area contributed by atoms with Crippen LogP contribution in [0.3, 0.4) is 0 Å². The Balaban J connectivity index is 1.80. The Labute approximate surface area is 108 Å². The van der Waals surface area contributed by atoms with Crippen molar-refractivity contribution in [1.29, 1.82) is 0 Å². The van der Waals surface area contributed by atoms with Crippen LogP contribution in [0.5, 0.6) is 0 Å². The van der Waals surface area contributed by atoms with Crippen molar-refractivity contribution < 1.29 is 4.39 Å². The van der Waals surface area contributed by atoms with E-state index in [4.69, 9.17) is 0 Å². The average Bonchev–Trinajstić information content (AvgIpc) is 2.32. The number of likely N-dealkylation sites (N-methyl/N-ethyl adjacent to an activating group) is 1. The van der Waals surface area contributed by atoms with Gasteiger partial charge in [-0.2, -0.15) is 4.39 Å². The smallest absolute Gasteiger partial charge is 0.214 e. The Kier molecular flexibility index (Phi) is 4.49. The second kappa shape index (κ2) is 6.11. The van der Waals surface area contributed by atoms with Gasteiger partial charge in [0, 0.05) is 38.8 Å². The molecule has 18 heavy (non-hydrogen) atoms. The molecule has 0 saturated carbocycles. The van der Waals surface area contributed by atoms with Crippen LogP contribution in [0.25, 0.3) is 0 Å². The minimum Gasteiger partial charge on any atom is -0.366 e. The van der Waals surface area contributed by atoms with Gasteiger partial charge in [0.15, 0.2) is 0 Å². The van der Waals surface area contributed by atoms with Crippen molar-refractivity contribution in [1.82, 2.24) is 14.8 Å². The van der Waals surface area contributed by atoms with Crippen molar-refractivity contribution in [3.8, 4) is 0 Å². The zero-order valence-corrected chi connectivity index (χ0v) is 11.1. The maximum absolute atomic E-state index is 13.0. The molecule has 0 radical (unpaired) electrons. The van der Waals surface area contributed by atoms with Gasteiger partial charge in [0.2, 0.25) is 5.95 Å². The van der Waals surface area contributed by atoms with Crippen LogP contribution >= 0.6 is 0 Å². The van der Waals surface area contributed by atoms with Crippen LogP contribution in [0.2, 0.25) is 0 Å². The first-order valence-corrected chi connectivity index (χ1v) is 6.43. The maximum Gasteiger partial charge on any atom is 0.214 e. The summed E-state index contributed by atoms with van der Waals surface area (Å²) in [6.07, 6.45) is 0. The summed E-state index contributed by atoms with van der Waals surface area (Å²) in [5, 5.41) is 3.23. The monoisotopic (exact) mass is 252 g/mol. The van der Waals surface area contributed by atoms with Gasteiger partial charge in [0.1, 0.15) is 5.82 Å². The van der Waals surface area contributed by atoms with Crippen LogP contribution in [0, 0.1) is 5.95 Å². The van der Waals surface area contributed by atoms with Crippen LogP contribution in [0.15, 0.2) is 18.2 Å². The molecule has 0 amide bonds. The summed E-state index contributed by atoms with van der Waals surface area (Å²) in [7, 11) is 2.15. The van der Waals surface area contributed by atoms with E-state index in [1.165, 1.54) is 6.07 Å². The third kappa shape index (κ3) is 3.92. The van der Waals surface area contributed by atoms with Crippen molar-refractivity contribution in [2.75, 3.05) is 45.1 Å². The predicted octanol–water partition coefficient (Wildman–Crippen LogP) is 1.27. The SMILES string of the molecule is C[C@@H](CN1CCN(C)CC1)Nc1cccc(F)n1. The molecule has 1 aliphatic rings. The van der Waals surface area contributed by atoms with E-state index >= 15 is 0 Å². The van der Waals surface area contributed by atoms with Crippen molar-refractivity contribution in [3.05, 3.63) is 24.1 Å². The largest absolute Gasteiger partial charge is 0.366 e. The number of hydrogen-bond donors (Lipinski definition) is 1.